The van der Waals surface area contributed by atoms with Gasteiger partial charge in [-0.2, -0.15) is 0 Å². The summed E-state index contributed by atoms with van der Waals surface area (Å²) in [5.74, 6) is 0.214. The first kappa shape index (κ1) is 39.1. The maximum Gasteiger partial charge on any atom is 0.309 e. The Morgan fingerprint density at radius 1 is 0.868 bits per heavy atom. The van der Waals surface area contributed by atoms with Crippen molar-refractivity contribution >= 4 is 29.3 Å². The van der Waals surface area contributed by atoms with E-state index in [1.807, 2.05) is 26.0 Å². The van der Waals surface area contributed by atoms with Crippen molar-refractivity contribution in [2.24, 2.45) is 68.0 Å². The maximum absolute atomic E-state index is 14.0. The minimum Gasteiger partial charge on any atom is -0.481 e. The van der Waals surface area contributed by atoms with Crippen LogP contribution in [0.1, 0.15) is 139 Å². The van der Waals surface area contributed by atoms with Crippen LogP contribution in [-0.4, -0.2) is 35.5 Å². The van der Waals surface area contributed by atoms with Crippen molar-refractivity contribution < 1.29 is 24.2 Å². The third kappa shape index (κ3) is 5.83. The van der Waals surface area contributed by atoms with E-state index in [9.17, 15) is 19.5 Å². The zero-order valence-electron chi connectivity index (χ0n) is 34.0. The number of Topliss-reactive ketones (excluding diaryl/α,β-unsaturated/α-hetero) is 1. The van der Waals surface area contributed by atoms with Crippen molar-refractivity contribution in [3.05, 3.63) is 46.0 Å². The summed E-state index contributed by atoms with van der Waals surface area (Å²) in [5.41, 5.74) is 3.55. The van der Waals surface area contributed by atoms with Crippen LogP contribution in [0.2, 0.25) is 5.02 Å². The van der Waals surface area contributed by atoms with Crippen molar-refractivity contribution in [3.63, 3.8) is 0 Å². The summed E-state index contributed by atoms with van der Waals surface area (Å²) in [4.78, 5) is 39.4. The number of ether oxygens (including phenoxy) is 1. The van der Waals surface area contributed by atoms with Crippen LogP contribution in [-0.2, 0) is 25.7 Å². The number of carbonyl (C=O) groups is 3. The van der Waals surface area contributed by atoms with E-state index in [2.05, 4.69) is 65.9 Å². The van der Waals surface area contributed by atoms with Gasteiger partial charge in [-0.1, -0.05) is 91.6 Å². The summed E-state index contributed by atoms with van der Waals surface area (Å²) in [6.07, 6.45) is 10.7. The molecular formula is C46H66ClNO5. The third-order valence-corrected chi connectivity index (χ3v) is 17.9. The molecule has 5 saturated carbocycles. The number of aliphatic carboxylic acids is 1. The average Bonchev–Trinajstić information content (AvgIpc) is 3.37. The van der Waals surface area contributed by atoms with Crippen LogP contribution in [0, 0.1) is 68.0 Å². The average molecular weight is 748 g/mol. The normalized spacial score (nSPS) is 41.2. The molecule has 1 aromatic carbocycles. The number of carboxylic acid groups (broad SMARTS) is 1. The van der Waals surface area contributed by atoms with E-state index in [0.29, 0.717) is 36.4 Å². The minimum absolute atomic E-state index is 0.0401. The Balaban J connectivity index is 1.11. The van der Waals surface area contributed by atoms with Gasteiger partial charge in [0.15, 0.2) is 5.78 Å². The number of nitrogens with one attached hydrogen (secondary N) is 1. The molecule has 6 aliphatic rings. The zero-order valence-corrected chi connectivity index (χ0v) is 34.8. The molecule has 10 atom stereocenters. The minimum atomic E-state index is -0.816. The van der Waals surface area contributed by atoms with Gasteiger partial charge in [0, 0.05) is 28.8 Å². The molecule has 0 radical (unpaired) electrons. The van der Waals surface area contributed by atoms with Crippen molar-refractivity contribution in [2.45, 2.75) is 146 Å². The maximum atomic E-state index is 14.0. The van der Waals surface area contributed by atoms with Gasteiger partial charge in [-0.15, -0.1) is 0 Å². The van der Waals surface area contributed by atoms with Crippen LogP contribution in [0.4, 0.5) is 0 Å². The highest BCUT2D eigenvalue weighted by atomic mass is 35.5. The molecule has 0 bridgehead atoms. The Kier molecular flexibility index (Phi) is 9.74. The standard InChI is InChI=1S/C46H66ClNO5/c1-27(2)37-33(49)25-46(22-23-48-26-28-10-12-29(47)13-11-28)21-20-44(8)30(38(37)46)14-15-35-43(7)18-17-36(42(5,6)34(43)16-19-45(35,44)9)53-40(52)32-24-31(39(50)51)41(32,3)4/h10-13,27,30-32,34-36,48H,14-26H2,1-9H3,(H,50,51)/t30-,31-,32+,34+,35-,36+,43+,44-,45-,46-/m1/s1. The highest BCUT2D eigenvalue weighted by molar-refractivity contribution is 6.30. The second kappa shape index (κ2) is 13.2. The Morgan fingerprint density at radius 3 is 2.21 bits per heavy atom. The molecule has 1 aromatic rings. The summed E-state index contributed by atoms with van der Waals surface area (Å²) in [5, 5.41) is 14.1. The van der Waals surface area contributed by atoms with Crippen LogP contribution in [0.3, 0.4) is 0 Å². The van der Waals surface area contributed by atoms with E-state index in [-0.39, 0.29) is 51.0 Å². The van der Waals surface area contributed by atoms with Crippen LogP contribution in [0.15, 0.2) is 35.4 Å². The van der Waals surface area contributed by atoms with E-state index in [4.69, 9.17) is 16.3 Å². The van der Waals surface area contributed by atoms with Gasteiger partial charge in [-0.25, -0.2) is 0 Å². The van der Waals surface area contributed by atoms with Gasteiger partial charge < -0.3 is 15.2 Å². The number of ketones is 1. The Bertz CT molecular complexity index is 1680. The Morgan fingerprint density at radius 2 is 1.57 bits per heavy atom. The number of halogens is 1. The first-order chi connectivity index (χ1) is 24.7. The van der Waals surface area contributed by atoms with Crippen molar-refractivity contribution in [1.29, 1.82) is 0 Å². The summed E-state index contributed by atoms with van der Waals surface area (Å²) < 4.78 is 6.43. The fourth-order valence-electron chi connectivity index (χ4n) is 14.4. The molecule has 6 nitrogen and oxygen atoms in total. The van der Waals surface area contributed by atoms with E-state index in [0.717, 1.165) is 62.2 Å². The number of allylic oxidation sites excluding steroid dienone is 2. The third-order valence-electron chi connectivity index (χ3n) is 17.6. The number of carbonyl (C=O) groups excluding carboxylic acids is 2. The molecule has 53 heavy (non-hydrogen) atoms. The molecule has 2 N–H and O–H groups in total. The highest BCUT2D eigenvalue weighted by Crippen LogP contribution is 2.77. The Hall–Kier alpha value is -2.18. The summed E-state index contributed by atoms with van der Waals surface area (Å²) >= 11 is 6.13. The predicted molar refractivity (Wildman–Crippen MR) is 210 cm³/mol. The van der Waals surface area contributed by atoms with E-state index in [1.54, 1.807) is 5.57 Å². The Labute approximate surface area is 324 Å². The van der Waals surface area contributed by atoms with Crippen molar-refractivity contribution in [1.82, 2.24) is 5.32 Å². The lowest BCUT2D eigenvalue weighted by Gasteiger charge is -2.72. The van der Waals surface area contributed by atoms with Crippen LogP contribution in [0.5, 0.6) is 0 Å². The lowest BCUT2D eigenvalue weighted by Crippen LogP contribution is -2.66. The summed E-state index contributed by atoms with van der Waals surface area (Å²) in [6.45, 7) is 22.5. The van der Waals surface area contributed by atoms with E-state index >= 15 is 0 Å². The molecular weight excluding hydrogens is 682 g/mol. The van der Waals surface area contributed by atoms with Gasteiger partial charge in [-0.3, -0.25) is 14.4 Å². The van der Waals surface area contributed by atoms with Gasteiger partial charge in [-0.05, 0) is 139 Å². The second-order valence-electron chi connectivity index (χ2n) is 20.8. The fraction of sp³-hybridized carbons (Fsp3) is 0.761. The molecule has 292 valence electrons. The number of fused-ring (bicyclic) bond motifs is 7. The molecule has 6 aliphatic carbocycles. The fourth-order valence-corrected chi connectivity index (χ4v) is 14.5. The van der Waals surface area contributed by atoms with Gasteiger partial charge in [0.05, 0.1) is 11.8 Å². The number of hydrogen-bond acceptors (Lipinski definition) is 5. The summed E-state index contributed by atoms with van der Waals surface area (Å²) in [6, 6.07) is 8.08. The smallest absolute Gasteiger partial charge is 0.309 e. The number of rotatable bonds is 9. The van der Waals surface area contributed by atoms with Crippen molar-refractivity contribution in [2.75, 3.05) is 6.54 Å². The number of carboxylic acids is 1. The molecule has 0 amide bonds. The highest BCUT2D eigenvalue weighted by Gasteiger charge is 2.70. The van der Waals surface area contributed by atoms with Gasteiger partial charge in [0.1, 0.15) is 6.10 Å². The van der Waals surface area contributed by atoms with Crippen LogP contribution >= 0.6 is 11.6 Å². The molecule has 0 aromatic heterocycles. The molecule has 0 aliphatic heterocycles. The number of esters is 1. The largest absolute Gasteiger partial charge is 0.481 e. The predicted octanol–water partition coefficient (Wildman–Crippen LogP) is 10.5. The molecule has 0 unspecified atom stereocenters. The number of hydrogen-bond donors (Lipinski definition) is 2. The lowest BCUT2D eigenvalue weighted by molar-refractivity contribution is -0.236. The van der Waals surface area contributed by atoms with Crippen LogP contribution in [0.25, 0.3) is 0 Å². The monoisotopic (exact) mass is 747 g/mol. The molecule has 7 heteroatoms. The van der Waals surface area contributed by atoms with Gasteiger partial charge in [0.25, 0.3) is 0 Å². The summed E-state index contributed by atoms with van der Waals surface area (Å²) in [7, 11) is 0. The van der Waals surface area contributed by atoms with Gasteiger partial charge in [0.2, 0.25) is 0 Å². The quantitative estimate of drug-likeness (QED) is 0.193. The first-order valence-electron chi connectivity index (χ1n) is 20.9. The van der Waals surface area contributed by atoms with Crippen molar-refractivity contribution in [3.8, 4) is 0 Å². The topological polar surface area (TPSA) is 92.7 Å². The molecule has 0 heterocycles. The second-order valence-corrected chi connectivity index (χ2v) is 21.3. The van der Waals surface area contributed by atoms with E-state index in [1.165, 1.54) is 24.8 Å². The molecule has 7 rings (SSSR count). The molecule has 0 saturated heterocycles. The lowest BCUT2D eigenvalue weighted by atomic mass is 9.33. The van der Waals surface area contributed by atoms with Crippen LogP contribution < -0.4 is 5.32 Å². The SMILES string of the molecule is CC(C)C1=C2[C@H]3CC[C@@H]4[C@@]5(C)CC[C@H](OC(=O)[C@@H]6C[C@H](C(=O)O)C6(C)C)C(C)(C)[C@@H]5CC[C@@]4(C)[C@]3(C)CC[C@@]2(CCNCc2ccc(Cl)cc2)CC1=O. The number of benzene rings is 1. The zero-order chi connectivity index (χ0) is 38.5. The van der Waals surface area contributed by atoms with Gasteiger partial charge >= 0.3 is 11.9 Å². The first-order valence-corrected chi connectivity index (χ1v) is 21.3. The van der Waals surface area contributed by atoms with E-state index < -0.39 is 17.3 Å². The molecule has 5 fully saturated rings. The molecule has 0 spiro atoms.